The Kier molecular flexibility index (Phi) is 2.51. The van der Waals surface area contributed by atoms with Gasteiger partial charge in [0, 0.05) is 0 Å². The van der Waals surface area contributed by atoms with E-state index in [-0.39, 0.29) is 0 Å². The third kappa shape index (κ3) is 1.23. The molecule has 2 N–H and O–H groups in total. The van der Waals surface area contributed by atoms with Crippen molar-refractivity contribution in [3.63, 3.8) is 0 Å². The van der Waals surface area contributed by atoms with E-state index in [4.69, 9.17) is 11.0 Å². The third-order valence-electron chi connectivity index (χ3n) is 1.63. The molecule has 0 aromatic heterocycles. The van der Waals surface area contributed by atoms with Crippen molar-refractivity contribution in [2.75, 3.05) is 12.8 Å². The summed E-state index contributed by atoms with van der Waals surface area (Å²) in [6, 6.07) is 1.26. The maximum atomic E-state index is 13.1. The van der Waals surface area contributed by atoms with E-state index in [2.05, 4.69) is 4.74 Å². The molecule has 0 heterocycles. The number of ether oxygens (including phenoxy) is 1. The van der Waals surface area contributed by atoms with Crippen LogP contribution >= 0.6 is 0 Å². The van der Waals surface area contributed by atoms with Crippen LogP contribution < -0.4 is 10.5 Å². The van der Waals surface area contributed by atoms with Gasteiger partial charge in [-0.25, -0.2) is 8.78 Å². The zero-order valence-corrected chi connectivity index (χ0v) is 7.07. The van der Waals surface area contributed by atoms with Gasteiger partial charge in [-0.05, 0) is 0 Å². The van der Waals surface area contributed by atoms with E-state index in [1.54, 1.807) is 0 Å². The Morgan fingerprint density at radius 2 is 1.79 bits per heavy atom. The van der Waals surface area contributed by atoms with Crippen LogP contribution in [0.15, 0.2) is 0 Å². The van der Waals surface area contributed by atoms with E-state index < -0.39 is 34.5 Å². The SMILES string of the molecule is COc1c(F)c(N)c(C#N)c(F)c1F. The molecule has 1 aromatic rings. The second-order valence-electron chi connectivity index (χ2n) is 2.38. The number of hydrogen-bond donors (Lipinski definition) is 1. The summed E-state index contributed by atoms with van der Waals surface area (Å²) in [5.74, 6) is -5.28. The number of rotatable bonds is 1. The largest absolute Gasteiger partial charge is 0.491 e. The van der Waals surface area contributed by atoms with E-state index in [0.717, 1.165) is 7.11 Å². The maximum Gasteiger partial charge on any atom is 0.205 e. The number of nitrogen functional groups attached to an aromatic ring is 1. The smallest absolute Gasteiger partial charge is 0.205 e. The van der Waals surface area contributed by atoms with Crippen molar-refractivity contribution < 1.29 is 17.9 Å². The summed E-state index contributed by atoms with van der Waals surface area (Å²) in [6.07, 6.45) is 0. The molecule has 0 saturated carbocycles. The van der Waals surface area contributed by atoms with Crippen molar-refractivity contribution in [1.82, 2.24) is 0 Å². The first-order chi connectivity index (χ1) is 6.54. The molecular weight excluding hydrogens is 197 g/mol. The van der Waals surface area contributed by atoms with Crippen molar-refractivity contribution in [1.29, 1.82) is 5.26 Å². The van der Waals surface area contributed by atoms with Gasteiger partial charge in [0.1, 0.15) is 11.6 Å². The average molecular weight is 202 g/mol. The summed E-state index contributed by atoms with van der Waals surface area (Å²) >= 11 is 0. The van der Waals surface area contributed by atoms with Crippen LogP contribution in [0.2, 0.25) is 0 Å². The molecule has 6 heteroatoms. The Morgan fingerprint density at radius 1 is 1.21 bits per heavy atom. The molecule has 0 saturated heterocycles. The first kappa shape index (κ1) is 10.2. The lowest BCUT2D eigenvalue weighted by molar-refractivity contribution is 0.347. The minimum absolute atomic E-state index is 0.761. The summed E-state index contributed by atoms with van der Waals surface area (Å²) in [7, 11) is 0.965. The van der Waals surface area contributed by atoms with Gasteiger partial charge in [-0.2, -0.15) is 9.65 Å². The Morgan fingerprint density at radius 3 is 2.21 bits per heavy atom. The molecule has 74 valence electrons. The molecule has 1 rings (SSSR count). The van der Waals surface area contributed by atoms with Crippen LogP contribution in [-0.2, 0) is 0 Å². The summed E-state index contributed by atoms with van der Waals surface area (Å²) in [4.78, 5) is 0. The highest BCUT2D eigenvalue weighted by Crippen LogP contribution is 2.31. The van der Waals surface area contributed by atoms with Gasteiger partial charge >= 0.3 is 0 Å². The summed E-state index contributed by atoms with van der Waals surface area (Å²) in [5, 5.41) is 8.37. The van der Waals surface area contributed by atoms with E-state index in [1.165, 1.54) is 6.07 Å². The molecule has 3 nitrogen and oxygen atoms in total. The molecule has 0 spiro atoms. The van der Waals surface area contributed by atoms with Crippen LogP contribution in [0.1, 0.15) is 5.56 Å². The van der Waals surface area contributed by atoms with Crippen molar-refractivity contribution in [3.05, 3.63) is 23.0 Å². The first-order valence-corrected chi connectivity index (χ1v) is 3.44. The summed E-state index contributed by atoms with van der Waals surface area (Å²) in [5.41, 5.74) is 3.43. The number of halogens is 3. The third-order valence-corrected chi connectivity index (χ3v) is 1.63. The number of nitrogens with zero attached hydrogens (tertiary/aromatic N) is 1. The molecule has 0 aliphatic carbocycles. The lowest BCUT2D eigenvalue weighted by atomic mass is 10.1. The summed E-state index contributed by atoms with van der Waals surface area (Å²) < 4.78 is 43.2. The number of benzene rings is 1. The van der Waals surface area contributed by atoms with Gasteiger partial charge in [0.15, 0.2) is 17.4 Å². The zero-order chi connectivity index (χ0) is 10.9. The molecule has 0 radical (unpaired) electrons. The second-order valence-corrected chi connectivity index (χ2v) is 2.38. The van der Waals surface area contributed by atoms with Gasteiger partial charge < -0.3 is 10.5 Å². The number of methoxy groups -OCH3 is 1. The zero-order valence-electron chi connectivity index (χ0n) is 7.07. The molecule has 0 aliphatic rings. The number of hydrogen-bond acceptors (Lipinski definition) is 3. The number of nitrogens with two attached hydrogens (primary N) is 1. The average Bonchev–Trinajstić information content (AvgIpc) is 2.17. The lowest BCUT2D eigenvalue weighted by Gasteiger charge is -2.08. The van der Waals surface area contributed by atoms with Crippen LogP contribution in [0.25, 0.3) is 0 Å². The van der Waals surface area contributed by atoms with Gasteiger partial charge in [0.05, 0.1) is 12.8 Å². The van der Waals surface area contributed by atoms with Crippen molar-refractivity contribution in [2.45, 2.75) is 0 Å². The Hall–Kier alpha value is -1.90. The van der Waals surface area contributed by atoms with Gasteiger partial charge in [0.25, 0.3) is 0 Å². The first-order valence-electron chi connectivity index (χ1n) is 3.44. The molecular formula is C8H5F3N2O. The van der Waals surface area contributed by atoms with Crippen LogP contribution in [-0.4, -0.2) is 7.11 Å². The standard InChI is InChI=1S/C8H5F3N2O/c1-14-8-5(10)4(9)3(2-12)7(13)6(8)11/h13H2,1H3. The molecule has 1 aromatic carbocycles. The van der Waals surface area contributed by atoms with Crippen molar-refractivity contribution in [3.8, 4) is 11.8 Å². The minimum Gasteiger partial charge on any atom is -0.491 e. The Balaban J connectivity index is 3.66. The van der Waals surface area contributed by atoms with Crippen LogP contribution in [0, 0.1) is 28.8 Å². The van der Waals surface area contributed by atoms with Crippen molar-refractivity contribution >= 4 is 5.69 Å². The second kappa shape index (κ2) is 3.46. The van der Waals surface area contributed by atoms with Gasteiger partial charge in [0.2, 0.25) is 5.82 Å². The van der Waals surface area contributed by atoms with Gasteiger partial charge in [-0.3, -0.25) is 0 Å². The summed E-state index contributed by atoms with van der Waals surface area (Å²) in [6.45, 7) is 0. The quantitative estimate of drug-likeness (QED) is 0.555. The molecule has 14 heavy (non-hydrogen) atoms. The fraction of sp³-hybridized carbons (Fsp3) is 0.125. The Labute approximate surface area is 77.5 Å². The minimum atomic E-state index is -1.56. The van der Waals surface area contributed by atoms with Crippen LogP contribution in [0.4, 0.5) is 18.9 Å². The molecule has 0 fully saturated rings. The molecule has 0 amide bonds. The lowest BCUT2D eigenvalue weighted by Crippen LogP contribution is -2.05. The predicted molar refractivity (Wildman–Crippen MR) is 42.0 cm³/mol. The monoisotopic (exact) mass is 202 g/mol. The maximum absolute atomic E-state index is 13.1. The van der Waals surface area contributed by atoms with E-state index in [9.17, 15) is 13.2 Å². The van der Waals surface area contributed by atoms with Crippen LogP contribution in [0.3, 0.4) is 0 Å². The highest BCUT2D eigenvalue weighted by atomic mass is 19.2. The van der Waals surface area contributed by atoms with Gasteiger partial charge in [-0.1, -0.05) is 0 Å². The van der Waals surface area contributed by atoms with Gasteiger partial charge in [-0.15, -0.1) is 0 Å². The fourth-order valence-electron chi connectivity index (χ4n) is 0.945. The molecule has 0 aliphatic heterocycles. The molecule has 0 bridgehead atoms. The fourth-order valence-corrected chi connectivity index (χ4v) is 0.945. The highest BCUT2D eigenvalue weighted by Gasteiger charge is 2.23. The predicted octanol–water partition coefficient (Wildman–Crippen LogP) is 1.57. The van der Waals surface area contributed by atoms with Crippen LogP contribution in [0.5, 0.6) is 5.75 Å². The Bertz CT molecular complexity index is 389. The topological polar surface area (TPSA) is 59.0 Å². The number of anilines is 1. The van der Waals surface area contributed by atoms with E-state index in [0.29, 0.717) is 0 Å². The van der Waals surface area contributed by atoms with E-state index in [1.807, 2.05) is 0 Å². The van der Waals surface area contributed by atoms with E-state index >= 15 is 0 Å². The highest BCUT2D eigenvalue weighted by molar-refractivity contribution is 5.59. The van der Waals surface area contributed by atoms with Crippen molar-refractivity contribution in [2.24, 2.45) is 0 Å². The normalized spacial score (nSPS) is 9.64. The number of nitriles is 1. The molecule has 0 atom stereocenters. The molecule has 0 unspecified atom stereocenters.